The topological polar surface area (TPSA) is 106 Å². The van der Waals surface area contributed by atoms with Gasteiger partial charge in [-0.05, 0) is 87.1 Å². The highest BCUT2D eigenvalue weighted by molar-refractivity contribution is 7.92. The van der Waals surface area contributed by atoms with Crippen molar-refractivity contribution in [1.82, 2.24) is 0 Å². The van der Waals surface area contributed by atoms with Crippen LogP contribution < -0.4 is 5.32 Å². The number of hydrogen-bond donors (Lipinski definition) is 1. The van der Waals surface area contributed by atoms with Gasteiger partial charge >= 0.3 is 0 Å². The molecule has 0 saturated carbocycles. The molecule has 2 aliphatic rings. The number of nitrogens with one attached hydrogen (secondary N) is 1. The number of hydrogen-bond acceptors (Lipinski definition) is 7. The Morgan fingerprint density at radius 2 is 1.32 bits per heavy atom. The zero-order valence-electron chi connectivity index (χ0n) is 24.9. The van der Waals surface area contributed by atoms with Crippen LogP contribution in [0, 0.1) is 41.5 Å². The summed E-state index contributed by atoms with van der Waals surface area (Å²) in [6.45, 7) is 12.2. The number of carbonyl (C=O) groups is 1. The van der Waals surface area contributed by atoms with E-state index in [9.17, 15) is 13.2 Å². The van der Waals surface area contributed by atoms with Gasteiger partial charge in [-0.15, -0.1) is 0 Å². The molecule has 13 heteroatoms. The molecule has 1 amide bonds. The predicted octanol–water partition coefficient (Wildman–Crippen LogP) is 8.21. The molecule has 5 rings (SSSR count). The first kappa shape index (κ1) is 32.6. The first-order valence-corrected chi connectivity index (χ1v) is 16.6. The molecule has 1 spiro atoms. The van der Waals surface area contributed by atoms with Crippen LogP contribution >= 0.6 is 46.4 Å². The van der Waals surface area contributed by atoms with Gasteiger partial charge in [0.1, 0.15) is 5.71 Å². The van der Waals surface area contributed by atoms with E-state index in [4.69, 9.17) is 56.1 Å². The first-order valence-electron chi connectivity index (χ1n) is 13.6. The van der Waals surface area contributed by atoms with Gasteiger partial charge in [-0.2, -0.15) is 0 Å². The van der Waals surface area contributed by atoms with Gasteiger partial charge in [-0.25, -0.2) is 8.42 Å². The number of para-hydroxylation sites is 1. The number of amides is 1. The van der Waals surface area contributed by atoms with Crippen molar-refractivity contribution in [1.29, 1.82) is 0 Å². The van der Waals surface area contributed by atoms with Crippen LogP contribution in [-0.2, 0) is 24.3 Å². The summed E-state index contributed by atoms with van der Waals surface area (Å²) in [6, 6.07) is 6.04. The molecule has 0 fully saturated rings. The minimum atomic E-state index is -4.42. The van der Waals surface area contributed by atoms with E-state index in [1.54, 1.807) is 32.9 Å². The quantitative estimate of drug-likeness (QED) is 0.289. The third-order valence-corrected chi connectivity index (χ3v) is 12.5. The van der Waals surface area contributed by atoms with Gasteiger partial charge in [-0.1, -0.05) is 68.8 Å². The van der Waals surface area contributed by atoms with Crippen molar-refractivity contribution >= 4 is 79.3 Å². The maximum atomic E-state index is 14.5. The lowest BCUT2D eigenvalue weighted by Gasteiger charge is -2.29. The van der Waals surface area contributed by atoms with E-state index in [1.807, 2.05) is 20.8 Å². The molecule has 0 aliphatic carbocycles. The Kier molecular flexibility index (Phi) is 8.53. The maximum absolute atomic E-state index is 14.5. The van der Waals surface area contributed by atoms with Crippen molar-refractivity contribution in [2.45, 2.75) is 70.8 Å². The van der Waals surface area contributed by atoms with Crippen molar-refractivity contribution in [3.63, 3.8) is 0 Å². The molecule has 0 aromatic heterocycles. The van der Waals surface area contributed by atoms with E-state index in [1.165, 1.54) is 19.1 Å². The Hall–Kier alpha value is -2.82. The Balaban J connectivity index is 1.74. The fourth-order valence-electron chi connectivity index (χ4n) is 6.01. The summed E-state index contributed by atoms with van der Waals surface area (Å²) in [5, 5.41) is 13.1. The predicted molar refractivity (Wildman–Crippen MR) is 176 cm³/mol. The second-order valence-electron chi connectivity index (χ2n) is 11.1. The first-order chi connectivity index (χ1) is 20.6. The maximum Gasteiger partial charge on any atom is 0.279 e. The Bertz CT molecular complexity index is 1880. The summed E-state index contributed by atoms with van der Waals surface area (Å²) < 4.78 is 29.0. The molecule has 8 nitrogen and oxygen atoms in total. The van der Waals surface area contributed by atoms with E-state index >= 15 is 0 Å². The van der Waals surface area contributed by atoms with Gasteiger partial charge in [0.25, 0.3) is 5.44 Å². The van der Waals surface area contributed by atoms with E-state index < -0.39 is 26.8 Å². The molecule has 3 aromatic rings. The lowest BCUT2D eigenvalue weighted by atomic mass is 9.82. The minimum absolute atomic E-state index is 0.0720. The van der Waals surface area contributed by atoms with Crippen LogP contribution in [0.15, 0.2) is 39.5 Å². The van der Waals surface area contributed by atoms with E-state index in [0.717, 1.165) is 5.56 Å². The number of sulfone groups is 1. The molecular weight excluding hydrogens is 668 g/mol. The fraction of sp³-hybridized carbons (Fsp3) is 0.323. The summed E-state index contributed by atoms with van der Waals surface area (Å²) in [7, 11) is -4.42. The van der Waals surface area contributed by atoms with Gasteiger partial charge < -0.3 is 15.0 Å². The number of carbonyl (C=O) groups excluding carboxylic acids is 1. The molecule has 2 heterocycles. The SMILES string of the molecule is CC(=O)Nc1ccccc1S(=O)(=O)[C@@H]1ON=C(c2c(C)c(Cl)c(C)c(Cl)c2C)[C@]12CC(c1c(C)c(Cl)c(C)c(Cl)c1C)=NO2. The number of anilines is 1. The fourth-order valence-corrected chi connectivity index (χ4v) is 8.68. The van der Waals surface area contributed by atoms with Gasteiger partial charge in [0, 0.05) is 44.6 Å². The van der Waals surface area contributed by atoms with Crippen molar-refractivity contribution in [2.75, 3.05) is 5.32 Å². The molecule has 44 heavy (non-hydrogen) atoms. The number of halogens is 4. The summed E-state index contributed by atoms with van der Waals surface area (Å²) in [6.07, 6.45) is -0.0720. The smallest absolute Gasteiger partial charge is 0.279 e. The minimum Gasteiger partial charge on any atom is -0.377 e. The van der Waals surface area contributed by atoms with E-state index in [0.29, 0.717) is 64.7 Å². The molecule has 0 radical (unpaired) electrons. The van der Waals surface area contributed by atoms with Crippen LogP contribution in [0.25, 0.3) is 0 Å². The molecular formula is C31H29Cl4N3O5S. The summed E-state index contributed by atoms with van der Waals surface area (Å²) >= 11 is 26.7. The van der Waals surface area contributed by atoms with Crippen LogP contribution in [0.5, 0.6) is 0 Å². The van der Waals surface area contributed by atoms with Crippen LogP contribution in [0.1, 0.15) is 57.9 Å². The largest absolute Gasteiger partial charge is 0.377 e. The summed E-state index contributed by atoms with van der Waals surface area (Å²) in [4.78, 5) is 23.8. The molecule has 1 N–H and O–H groups in total. The zero-order chi connectivity index (χ0) is 32.5. The third kappa shape index (κ3) is 4.88. The number of benzene rings is 3. The second kappa shape index (κ2) is 11.5. The van der Waals surface area contributed by atoms with Crippen LogP contribution in [-0.4, -0.2) is 36.8 Å². The van der Waals surface area contributed by atoms with Gasteiger partial charge in [-0.3, -0.25) is 4.79 Å². The zero-order valence-corrected chi connectivity index (χ0v) is 28.8. The molecule has 232 valence electrons. The van der Waals surface area contributed by atoms with Gasteiger partial charge in [0.15, 0.2) is 0 Å². The Morgan fingerprint density at radius 3 is 1.84 bits per heavy atom. The standard InChI is InChI=1S/C31H29Cl4N3O5S/c1-13-23(14(2)26(33)17(5)25(13)32)21-12-31(43-37-21)29(24-15(3)27(34)18(6)28(35)16(24)4)38-42-30(31)44(40,41)22-11-9-8-10-20(22)36-19(7)39/h8-11,30H,12H2,1-7H3,(H,36,39)/t30-,31+/m0/s1. The molecule has 3 aromatic carbocycles. The molecule has 0 bridgehead atoms. The number of oxime groups is 2. The lowest BCUT2D eigenvalue weighted by Crippen LogP contribution is -2.51. The Labute approximate surface area is 276 Å². The van der Waals surface area contributed by atoms with E-state index in [2.05, 4.69) is 15.6 Å². The summed E-state index contributed by atoms with van der Waals surface area (Å²) in [5.41, 5.74) is 2.37. The number of nitrogens with zero attached hydrogens (tertiary/aromatic N) is 2. The molecule has 2 aliphatic heterocycles. The molecule has 0 saturated heterocycles. The van der Waals surface area contributed by atoms with Crippen LogP contribution in [0.4, 0.5) is 5.69 Å². The average molecular weight is 697 g/mol. The van der Waals surface area contributed by atoms with Crippen molar-refractivity contribution < 1.29 is 22.9 Å². The van der Waals surface area contributed by atoms with Crippen molar-refractivity contribution in [3.8, 4) is 0 Å². The monoisotopic (exact) mass is 695 g/mol. The highest BCUT2D eigenvalue weighted by atomic mass is 35.5. The van der Waals surface area contributed by atoms with Gasteiger partial charge in [0.2, 0.25) is 21.3 Å². The molecule has 2 atom stereocenters. The Morgan fingerprint density at radius 1 is 0.818 bits per heavy atom. The third-order valence-electron chi connectivity index (χ3n) is 8.22. The summed E-state index contributed by atoms with van der Waals surface area (Å²) in [5.74, 6) is -0.441. The van der Waals surface area contributed by atoms with Gasteiger partial charge in [0.05, 0.1) is 16.3 Å². The van der Waals surface area contributed by atoms with Crippen LogP contribution in [0.3, 0.4) is 0 Å². The van der Waals surface area contributed by atoms with Crippen LogP contribution in [0.2, 0.25) is 20.1 Å². The van der Waals surface area contributed by atoms with Crippen molar-refractivity contribution in [2.24, 2.45) is 10.3 Å². The van der Waals surface area contributed by atoms with E-state index in [-0.39, 0.29) is 22.7 Å². The van der Waals surface area contributed by atoms with Crippen molar-refractivity contribution in [3.05, 3.63) is 88.9 Å². The normalized spacial score (nSPS) is 19.5. The highest BCUT2D eigenvalue weighted by Gasteiger charge is 2.63. The molecule has 0 unspecified atom stereocenters. The highest BCUT2D eigenvalue weighted by Crippen LogP contribution is 2.48. The second-order valence-corrected chi connectivity index (χ2v) is 14.5. The number of rotatable bonds is 5. The lowest BCUT2D eigenvalue weighted by molar-refractivity contribution is -0.114. The average Bonchev–Trinajstić information content (AvgIpc) is 3.57.